The van der Waals surface area contributed by atoms with Crippen LogP contribution in [0.3, 0.4) is 0 Å². The molecule has 6 heteroatoms. The quantitative estimate of drug-likeness (QED) is 0.853. The van der Waals surface area contributed by atoms with Crippen molar-refractivity contribution in [3.63, 3.8) is 0 Å². The Morgan fingerprint density at radius 2 is 2.23 bits per heavy atom. The first kappa shape index (κ1) is 16.4. The molecule has 1 heterocycles. The number of carbonyl (C=O) groups is 1. The third kappa shape index (κ3) is 3.60. The molecule has 1 atom stereocenters. The molecule has 0 aliphatic carbocycles. The van der Waals surface area contributed by atoms with E-state index >= 15 is 0 Å². The van der Waals surface area contributed by atoms with Crippen molar-refractivity contribution in [1.82, 2.24) is 15.5 Å². The Hall–Kier alpha value is -2.01. The standard InChI is InChI=1S/C16H20ClN3O2/c1-4-10(3)19-16(21)12-9-18-20-15(12)11-6-7-14(22-5-2)13(17)8-11/h6-10H,4-5H2,1-3H3,(H,18,20)(H,19,21)/t10-/m0/s1. The van der Waals surface area contributed by atoms with Crippen molar-refractivity contribution in [1.29, 1.82) is 0 Å². The molecule has 118 valence electrons. The van der Waals surface area contributed by atoms with E-state index in [-0.39, 0.29) is 11.9 Å². The number of hydrogen-bond donors (Lipinski definition) is 2. The molecule has 0 aliphatic heterocycles. The highest BCUT2D eigenvalue weighted by atomic mass is 35.5. The van der Waals surface area contributed by atoms with Gasteiger partial charge in [0.25, 0.3) is 5.91 Å². The van der Waals surface area contributed by atoms with Crippen LogP contribution < -0.4 is 10.1 Å². The van der Waals surface area contributed by atoms with Crippen molar-refractivity contribution in [3.05, 3.63) is 35.0 Å². The second-order valence-electron chi connectivity index (χ2n) is 5.02. The van der Waals surface area contributed by atoms with Crippen LogP contribution in [0.15, 0.2) is 24.4 Å². The van der Waals surface area contributed by atoms with Gasteiger partial charge in [0.05, 0.1) is 29.1 Å². The largest absolute Gasteiger partial charge is 0.492 e. The van der Waals surface area contributed by atoms with Gasteiger partial charge in [-0.2, -0.15) is 5.10 Å². The Bertz CT molecular complexity index is 655. The average Bonchev–Trinajstić information content (AvgIpc) is 2.99. The summed E-state index contributed by atoms with van der Waals surface area (Å²) in [5.41, 5.74) is 1.94. The van der Waals surface area contributed by atoms with Gasteiger partial charge in [0, 0.05) is 11.6 Å². The summed E-state index contributed by atoms with van der Waals surface area (Å²) in [4.78, 5) is 12.3. The van der Waals surface area contributed by atoms with E-state index in [1.165, 1.54) is 6.20 Å². The molecular formula is C16H20ClN3O2. The highest BCUT2D eigenvalue weighted by Gasteiger charge is 2.17. The maximum Gasteiger partial charge on any atom is 0.255 e. The van der Waals surface area contributed by atoms with E-state index in [0.29, 0.717) is 28.6 Å². The third-order valence-corrected chi connectivity index (χ3v) is 3.69. The lowest BCUT2D eigenvalue weighted by molar-refractivity contribution is 0.0940. The molecule has 1 aromatic carbocycles. The van der Waals surface area contributed by atoms with Crippen LogP contribution >= 0.6 is 11.6 Å². The second-order valence-corrected chi connectivity index (χ2v) is 5.43. The van der Waals surface area contributed by atoms with Gasteiger partial charge < -0.3 is 10.1 Å². The number of amides is 1. The molecular weight excluding hydrogens is 302 g/mol. The summed E-state index contributed by atoms with van der Waals surface area (Å²) in [5, 5.41) is 10.3. The zero-order valence-corrected chi connectivity index (χ0v) is 13.7. The molecule has 22 heavy (non-hydrogen) atoms. The summed E-state index contributed by atoms with van der Waals surface area (Å²) in [6, 6.07) is 5.52. The molecule has 5 nitrogen and oxygen atoms in total. The van der Waals surface area contributed by atoms with E-state index in [1.54, 1.807) is 12.1 Å². The third-order valence-electron chi connectivity index (χ3n) is 3.39. The molecule has 0 saturated heterocycles. The maximum atomic E-state index is 12.3. The minimum atomic E-state index is -0.150. The van der Waals surface area contributed by atoms with Gasteiger partial charge in [-0.3, -0.25) is 9.89 Å². The van der Waals surface area contributed by atoms with Crippen LogP contribution in [0.4, 0.5) is 0 Å². The molecule has 0 radical (unpaired) electrons. The van der Waals surface area contributed by atoms with Gasteiger partial charge in [-0.25, -0.2) is 0 Å². The topological polar surface area (TPSA) is 67.0 Å². The molecule has 1 aromatic heterocycles. The van der Waals surface area contributed by atoms with Gasteiger partial charge >= 0.3 is 0 Å². The summed E-state index contributed by atoms with van der Waals surface area (Å²) in [5.74, 6) is 0.473. The van der Waals surface area contributed by atoms with Gasteiger partial charge in [0.2, 0.25) is 0 Å². The summed E-state index contributed by atoms with van der Waals surface area (Å²) < 4.78 is 5.42. The van der Waals surface area contributed by atoms with Gasteiger partial charge in [-0.05, 0) is 38.5 Å². The molecule has 2 aromatic rings. The van der Waals surface area contributed by atoms with Gasteiger partial charge in [-0.15, -0.1) is 0 Å². The number of ether oxygens (including phenoxy) is 1. The summed E-state index contributed by atoms with van der Waals surface area (Å²) in [7, 11) is 0. The van der Waals surface area contributed by atoms with Crippen LogP contribution in [-0.4, -0.2) is 28.8 Å². The lowest BCUT2D eigenvalue weighted by Gasteiger charge is -2.12. The van der Waals surface area contributed by atoms with Crippen LogP contribution in [0.1, 0.15) is 37.6 Å². The van der Waals surface area contributed by atoms with Gasteiger partial charge in [0.15, 0.2) is 0 Å². The van der Waals surface area contributed by atoms with E-state index in [4.69, 9.17) is 16.3 Å². The number of nitrogens with zero attached hydrogens (tertiary/aromatic N) is 1. The summed E-state index contributed by atoms with van der Waals surface area (Å²) in [6.07, 6.45) is 2.39. The number of nitrogens with one attached hydrogen (secondary N) is 2. The highest BCUT2D eigenvalue weighted by molar-refractivity contribution is 6.32. The molecule has 0 spiro atoms. The molecule has 0 bridgehead atoms. The predicted octanol–water partition coefficient (Wildman–Crippen LogP) is 3.66. The molecule has 0 aliphatic rings. The number of carbonyl (C=O) groups excluding carboxylic acids is 1. The molecule has 0 saturated carbocycles. The van der Waals surface area contributed by atoms with Crippen LogP contribution in [0, 0.1) is 0 Å². The lowest BCUT2D eigenvalue weighted by atomic mass is 10.1. The van der Waals surface area contributed by atoms with Gasteiger partial charge in [-0.1, -0.05) is 18.5 Å². The Labute approximate surface area is 135 Å². The summed E-state index contributed by atoms with van der Waals surface area (Å²) >= 11 is 6.20. The normalized spacial score (nSPS) is 12.0. The Morgan fingerprint density at radius 3 is 2.86 bits per heavy atom. The molecule has 0 unspecified atom stereocenters. The van der Waals surface area contributed by atoms with Crippen molar-refractivity contribution in [2.75, 3.05) is 6.61 Å². The molecule has 2 rings (SSSR count). The molecule has 0 fully saturated rings. The Morgan fingerprint density at radius 1 is 1.45 bits per heavy atom. The average molecular weight is 322 g/mol. The predicted molar refractivity (Wildman–Crippen MR) is 87.4 cm³/mol. The van der Waals surface area contributed by atoms with E-state index < -0.39 is 0 Å². The first-order chi connectivity index (χ1) is 10.6. The van der Waals surface area contributed by atoms with Crippen LogP contribution in [0.5, 0.6) is 5.75 Å². The van der Waals surface area contributed by atoms with E-state index in [0.717, 1.165) is 12.0 Å². The molecule has 2 N–H and O–H groups in total. The monoisotopic (exact) mass is 321 g/mol. The van der Waals surface area contributed by atoms with Crippen LogP contribution in [0.2, 0.25) is 5.02 Å². The first-order valence-electron chi connectivity index (χ1n) is 7.33. The fourth-order valence-electron chi connectivity index (χ4n) is 2.01. The smallest absolute Gasteiger partial charge is 0.255 e. The number of hydrogen-bond acceptors (Lipinski definition) is 3. The minimum Gasteiger partial charge on any atom is -0.492 e. The van der Waals surface area contributed by atoms with E-state index in [9.17, 15) is 4.79 Å². The van der Waals surface area contributed by atoms with Crippen molar-refractivity contribution in [2.45, 2.75) is 33.2 Å². The van der Waals surface area contributed by atoms with Crippen molar-refractivity contribution in [2.24, 2.45) is 0 Å². The number of H-pyrrole nitrogens is 1. The Kier molecular flexibility index (Phi) is 5.44. The van der Waals surface area contributed by atoms with Crippen molar-refractivity contribution >= 4 is 17.5 Å². The Balaban J connectivity index is 2.29. The van der Waals surface area contributed by atoms with E-state index in [2.05, 4.69) is 15.5 Å². The number of aromatic nitrogens is 2. The zero-order chi connectivity index (χ0) is 16.1. The van der Waals surface area contributed by atoms with Crippen LogP contribution in [0.25, 0.3) is 11.3 Å². The minimum absolute atomic E-state index is 0.110. The number of aromatic amines is 1. The SMILES string of the molecule is CCOc1ccc(-c2[nH]ncc2C(=O)N[C@@H](C)CC)cc1Cl. The first-order valence-corrected chi connectivity index (χ1v) is 7.71. The van der Waals surface area contributed by atoms with Crippen molar-refractivity contribution < 1.29 is 9.53 Å². The summed E-state index contributed by atoms with van der Waals surface area (Å²) in [6.45, 7) is 6.43. The lowest BCUT2D eigenvalue weighted by Crippen LogP contribution is -2.32. The highest BCUT2D eigenvalue weighted by Crippen LogP contribution is 2.31. The van der Waals surface area contributed by atoms with Crippen molar-refractivity contribution in [3.8, 4) is 17.0 Å². The number of rotatable bonds is 6. The molecule has 1 amide bonds. The number of benzene rings is 1. The fourth-order valence-corrected chi connectivity index (χ4v) is 2.25. The number of halogens is 1. The maximum absolute atomic E-state index is 12.3. The van der Waals surface area contributed by atoms with E-state index in [1.807, 2.05) is 26.8 Å². The zero-order valence-electron chi connectivity index (χ0n) is 12.9. The van der Waals surface area contributed by atoms with Crippen LogP contribution in [-0.2, 0) is 0 Å². The second kappa shape index (κ2) is 7.31. The van der Waals surface area contributed by atoms with Gasteiger partial charge in [0.1, 0.15) is 5.75 Å². The fraction of sp³-hybridized carbons (Fsp3) is 0.375.